The number of ether oxygens (including phenoxy) is 1. The first kappa shape index (κ1) is 23.7. The van der Waals surface area contributed by atoms with Crippen molar-refractivity contribution in [3.8, 4) is 5.75 Å². The Kier molecular flexibility index (Phi) is 7.18. The summed E-state index contributed by atoms with van der Waals surface area (Å²) < 4.78 is 21.2. The molecule has 2 heterocycles. The Morgan fingerprint density at radius 1 is 1.38 bits per heavy atom. The quantitative estimate of drug-likeness (QED) is 0.646. The summed E-state index contributed by atoms with van der Waals surface area (Å²) in [5, 5.41) is 12.9. The smallest absolute Gasteiger partial charge is 0.217 e. The zero-order chi connectivity index (χ0) is 23.5. The molecule has 32 heavy (non-hydrogen) atoms. The number of anilines is 2. The molecule has 9 heteroatoms. The number of hydrogen-bond donors (Lipinski definition) is 2. The van der Waals surface area contributed by atoms with Gasteiger partial charge in [0, 0.05) is 33.5 Å². The maximum atomic E-state index is 15.2. The Balaban J connectivity index is 1.63. The maximum absolute atomic E-state index is 15.2. The van der Waals surface area contributed by atoms with Gasteiger partial charge >= 0.3 is 0 Å². The average molecular weight is 446 g/mol. The fourth-order valence-electron chi connectivity index (χ4n) is 3.93. The number of halogens is 1. The van der Waals surface area contributed by atoms with E-state index in [-0.39, 0.29) is 36.2 Å². The van der Waals surface area contributed by atoms with Gasteiger partial charge in [-0.15, -0.1) is 0 Å². The molecule has 1 aliphatic heterocycles. The number of aliphatic hydroxyl groups is 1. The predicted molar refractivity (Wildman–Crippen MR) is 121 cm³/mol. The van der Waals surface area contributed by atoms with Crippen LogP contribution in [0.15, 0.2) is 30.6 Å². The molecular formula is C23H32FN5O3. The van der Waals surface area contributed by atoms with Crippen LogP contribution < -0.4 is 19.9 Å². The lowest BCUT2D eigenvalue weighted by Crippen LogP contribution is -2.37. The molecule has 2 aromatic rings. The number of carbonyl (C=O) groups is 1. The summed E-state index contributed by atoms with van der Waals surface area (Å²) in [7, 11) is 1.69. The van der Waals surface area contributed by atoms with E-state index >= 15 is 4.39 Å². The highest BCUT2D eigenvalue weighted by Crippen LogP contribution is 2.28. The van der Waals surface area contributed by atoms with E-state index in [2.05, 4.69) is 15.3 Å². The van der Waals surface area contributed by atoms with Crippen LogP contribution in [-0.2, 0) is 4.79 Å². The number of nitrogens with one attached hydrogen (secondary N) is 1. The highest BCUT2D eigenvalue weighted by atomic mass is 19.1. The minimum atomic E-state index is -0.978. The molecule has 8 nitrogen and oxygen atoms in total. The zero-order valence-corrected chi connectivity index (χ0v) is 19.3. The number of rotatable bonds is 8. The van der Waals surface area contributed by atoms with Gasteiger partial charge in [-0.25, -0.2) is 9.97 Å². The monoisotopic (exact) mass is 445 g/mol. The van der Waals surface area contributed by atoms with E-state index in [0.717, 1.165) is 17.7 Å². The standard InChI is InChI=1S/C23H32FN5O3/c1-15(27-16(2)30)17-6-8-18(9-7-17)32-19-10-11-29(12-19)22-20(24)21(25-14-26-22)28(5)13-23(3,4)31/h6-9,14-15,19,31H,10-13H2,1-5H3,(H,27,30)/t15-,19+/m0/s1. The lowest BCUT2D eigenvalue weighted by atomic mass is 10.1. The molecule has 0 aliphatic carbocycles. The lowest BCUT2D eigenvalue weighted by Gasteiger charge is -2.27. The van der Waals surface area contributed by atoms with Crippen molar-refractivity contribution >= 4 is 17.5 Å². The van der Waals surface area contributed by atoms with Gasteiger partial charge in [0.25, 0.3) is 0 Å². The van der Waals surface area contributed by atoms with E-state index in [1.165, 1.54) is 13.3 Å². The molecule has 1 aliphatic rings. The molecule has 0 saturated carbocycles. The van der Waals surface area contributed by atoms with E-state index < -0.39 is 11.4 Å². The third kappa shape index (κ3) is 6.06. The molecule has 1 saturated heterocycles. The van der Waals surface area contributed by atoms with Crippen LogP contribution in [0.3, 0.4) is 0 Å². The fraction of sp³-hybridized carbons (Fsp3) is 0.522. The van der Waals surface area contributed by atoms with Crippen molar-refractivity contribution in [3.63, 3.8) is 0 Å². The average Bonchev–Trinajstić information content (AvgIpc) is 3.15. The van der Waals surface area contributed by atoms with E-state index in [1.807, 2.05) is 36.1 Å². The molecule has 3 rings (SSSR count). The number of amides is 1. The Labute approximate surface area is 188 Å². The van der Waals surface area contributed by atoms with Gasteiger partial charge in [0.05, 0.1) is 18.2 Å². The molecule has 1 amide bonds. The first-order chi connectivity index (χ1) is 15.0. The summed E-state index contributed by atoms with van der Waals surface area (Å²) in [5.74, 6) is 0.546. The van der Waals surface area contributed by atoms with Crippen molar-refractivity contribution in [2.24, 2.45) is 0 Å². The topological polar surface area (TPSA) is 90.8 Å². The number of aromatic nitrogens is 2. The SMILES string of the molecule is CC(=O)N[C@@H](C)c1ccc(O[C@@H]2CCN(c3ncnc(N(C)CC(C)(C)O)c3F)C2)cc1. The molecule has 1 fully saturated rings. The van der Waals surface area contributed by atoms with Crippen molar-refractivity contribution in [3.05, 3.63) is 42.0 Å². The Morgan fingerprint density at radius 2 is 2.06 bits per heavy atom. The van der Waals surface area contributed by atoms with Crippen LogP contribution >= 0.6 is 0 Å². The summed E-state index contributed by atoms with van der Waals surface area (Å²) in [6.07, 6.45) is 1.99. The van der Waals surface area contributed by atoms with Gasteiger partial charge in [-0.1, -0.05) is 12.1 Å². The molecule has 1 aromatic heterocycles. The Bertz CT molecular complexity index is 932. The van der Waals surface area contributed by atoms with Gasteiger partial charge in [0.1, 0.15) is 18.2 Å². The number of benzene rings is 1. The molecule has 2 atom stereocenters. The molecule has 174 valence electrons. The maximum Gasteiger partial charge on any atom is 0.217 e. The number of hydrogen-bond acceptors (Lipinski definition) is 7. The highest BCUT2D eigenvalue weighted by molar-refractivity contribution is 5.73. The van der Waals surface area contributed by atoms with Crippen LogP contribution in [0.25, 0.3) is 0 Å². The van der Waals surface area contributed by atoms with Gasteiger partial charge < -0.3 is 25.0 Å². The van der Waals surface area contributed by atoms with Gasteiger partial charge in [-0.05, 0) is 38.5 Å². The molecule has 0 radical (unpaired) electrons. The van der Waals surface area contributed by atoms with E-state index in [9.17, 15) is 9.90 Å². The molecule has 0 bridgehead atoms. The van der Waals surface area contributed by atoms with Crippen LogP contribution in [0.2, 0.25) is 0 Å². The minimum Gasteiger partial charge on any atom is -0.489 e. The van der Waals surface area contributed by atoms with Crippen LogP contribution in [-0.4, -0.2) is 59.4 Å². The normalized spacial score (nSPS) is 17.2. The Morgan fingerprint density at radius 3 is 2.69 bits per heavy atom. The molecular weight excluding hydrogens is 413 g/mol. The van der Waals surface area contributed by atoms with Crippen molar-refractivity contribution in [1.29, 1.82) is 0 Å². The van der Waals surface area contributed by atoms with Gasteiger partial charge in [0.15, 0.2) is 11.6 Å². The Hall–Kier alpha value is -2.94. The van der Waals surface area contributed by atoms with Crippen LogP contribution in [0.5, 0.6) is 5.75 Å². The predicted octanol–water partition coefficient (Wildman–Crippen LogP) is 2.68. The number of nitrogens with zero attached hydrogens (tertiary/aromatic N) is 4. The van der Waals surface area contributed by atoms with E-state index in [0.29, 0.717) is 13.1 Å². The van der Waals surface area contributed by atoms with Gasteiger partial charge in [0.2, 0.25) is 11.7 Å². The summed E-state index contributed by atoms with van der Waals surface area (Å²) in [4.78, 5) is 22.9. The third-order valence-electron chi connectivity index (χ3n) is 5.29. The molecule has 2 N–H and O–H groups in total. The second-order valence-electron chi connectivity index (χ2n) is 8.97. The first-order valence-electron chi connectivity index (χ1n) is 10.8. The largest absolute Gasteiger partial charge is 0.489 e. The number of likely N-dealkylation sites (N-methyl/N-ethyl adjacent to an activating group) is 1. The summed E-state index contributed by atoms with van der Waals surface area (Å²) in [6, 6.07) is 7.54. The zero-order valence-electron chi connectivity index (χ0n) is 19.3. The number of carbonyl (C=O) groups excluding carboxylic acids is 1. The van der Waals surface area contributed by atoms with Crippen molar-refractivity contribution < 1.29 is 19.0 Å². The second kappa shape index (κ2) is 9.68. The molecule has 1 aromatic carbocycles. The molecule has 0 unspecified atom stereocenters. The van der Waals surface area contributed by atoms with Crippen molar-refractivity contribution in [1.82, 2.24) is 15.3 Å². The second-order valence-corrected chi connectivity index (χ2v) is 8.97. The minimum absolute atomic E-state index is 0.0738. The van der Waals surface area contributed by atoms with Crippen molar-refractivity contribution in [2.45, 2.75) is 51.9 Å². The third-order valence-corrected chi connectivity index (χ3v) is 5.29. The summed E-state index contributed by atoms with van der Waals surface area (Å²) in [5.41, 5.74) is 0.0142. The van der Waals surface area contributed by atoms with Crippen LogP contribution in [0.4, 0.5) is 16.0 Å². The lowest BCUT2D eigenvalue weighted by molar-refractivity contribution is -0.119. The fourth-order valence-corrected chi connectivity index (χ4v) is 3.93. The highest BCUT2D eigenvalue weighted by Gasteiger charge is 2.29. The van der Waals surface area contributed by atoms with Gasteiger partial charge in [-0.2, -0.15) is 4.39 Å². The van der Waals surface area contributed by atoms with E-state index in [1.54, 1.807) is 25.8 Å². The first-order valence-corrected chi connectivity index (χ1v) is 10.8. The summed E-state index contributed by atoms with van der Waals surface area (Å²) >= 11 is 0. The van der Waals surface area contributed by atoms with Crippen molar-refractivity contribution in [2.75, 3.05) is 36.5 Å². The summed E-state index contributed by atoms with van der Waals surface area (Å²) in [6.45, 7) is 8.11. The van der Waals surface area contributed by atoms with Crippen LogP contribution in [0, 0.1) is 5.82 Å². The van der Waals surface area contributed by atoms with E-state index in [4.69, 9.17) is 4.74 Å². The van der Waals surface area contributed by atoms with Gasteiger partial charge in [-0.3, -0.25) is 4.79 Å². The molecule has 0 spiro atoms. The van der Waals surface area contributed by atoms with Crippen LogP contribution in [0.1, 0.15) is 45.7 Å².